The monoisotopic (exact) mass is 416 g/mol. The lowest BCUT2D eigenvalue weighted by Gasteiger charge is -2.13. The minimum atomic E-state index is -1.18. The number of carboxylic acid groups (broad SMARTS) is 1. The van der Waals surface area contributed by atoms with Gasteiger partial charge in [0, 0.05) is 44.9 Å². The summed E-state index contributed by atoms with van der Waals surface area (Å²) in [5.41, 5.74) is 13.8. The fraction of sp³-hybridized carbons (Fsp3) is 0.0526. The van der Waals surface area contributed by atoms with Gasteiger partial charge in [0.05, 0.1) is 5.02 Å². The summed E-state index contributed by atoms with van der Waals surface area (Å²) in [4.78, 5) is 27.3. The number of H-pyrrole nitrogens is 1. The second kappa shape index (κ2) is 6.87. The topological polar surface area (TPSA) is 120 Å². The number of hydrogen-bond acceptors (Lipinski definition) is 4. The van der Waals surface area contributed by atoms with Gasteiger partial charge in [-0.25, -0.2) is 10.2 Å². The Labute approximate surface area is 169 Å². The number of nitrogens with two attached hydrogens (primary N) is 1. The molecule has 4 rings (SSSR count). The van der Waals surface area contributed by atoms with Crippen molar-refractivity contribution in [3.63, 3.8) is 0 Å². The van der Waals surface area contributed by atoms with E-state index in [0.717, 1.165) is 0 Å². The van der Waals surface area contributed by atoms with E-state index in [2.05, 4.69) is 15.8 Å². The molecule has 0 saturated carbocycles. The summed E-state index contributed by atoms with van der Waals surface area (Å²) in [6, 6.07) is 9.96. The van der Waals surface area contributed by atoms with E-state index in [1.54, 1.807) is 30.3 Å². The van der Waals surface area contributed by atoms with Gasteiger partial charge in [0.1, 0.15) is 5.69 Å². The lowest BCUT2D eigenvalue weighted by Crippen LogP contribution is -2.25. The highest BCUT2D eigenvalue weighted by atomic mass is 35.5. The Kier molecular flexibility index (Phi) is 4.50. The van der Waals surface area contributed by atoms with Crippen LogP contribution in [0.1, 0.15) is 21.6 Å². The number of rotatable bonds is 3. The van der Waals surface area contributed by atoms with Crippen molar-refractivity contribution in [2.45, 2.75) is 0 Å². The maximum Gasteiger partial charge on any atom is 0.352 e. The zero-order valence-electron chi connectivity index (χ0n) is 14.3. The summed E-state index contributed by atoms with van der Waals surface area (Å²) in [5.74, 6) is -1.53. The summed E-state index contributed by atoms with van der Waals surface area (Å²) in [6.45, 7) is 0.218. The number of amides is 1. The molecule has 0 radical (unpaired) electrons. The van der Waals surface area contributed by atoms with Crippen molar-refractivity contribution in [2.75, 3.05) is 12.3 Å². The van der Waals surface area contributed by atoms with Gasteiger partial charge in [-0.2, -0.15) is 0 Å². The molecule has 28 heavy (non-hydrogen) atoms. The Morgan fingerprint density at radius 2 is 1.86 bits per heavy atom. The molecule has 0 spiro atoms. The molecule has 0 atom stereocenters. The highest BCUT2D eigenvalue weighted by Crippen LogP contribution is 2.40. The lowest BCUT2D eigenvalue weighted by molar-refractivity contribution is -0.116. The van der Waals surface area contributed by atoms with E-state index in [1.807, 2.05) is 0 Å². The van der Waals surface area contributed by atoms with Crippen LogP contribution in [0.4, 0.5) is 5.69 Å². The van der Waals surface area contributed by atoms with Crippen LogP contribution in [0, 0.1) is 0 Å². The molecule has 7 nitrogen and oxygen atoms in total. The van der Waals surface area contributed by atoms with Crippen molar-refractivity contribution >= 4 is 57.2 Å². The summed E-state index contributed by atoms with van der Waals surface area (Å²) < 4.78 is 0. The van der Waals surface area contributed by atoms with Gasteiger partial charge in [-0.05, 0) is 29.8 Å². The van der Waals surface area contributed by atoms with Gasteiger partial charge < -0.3 is 15.8 Å². The first-order chi connectivity index (χ1) is 13.4. The first-order valence-electron chi connectivity index (χ1n) is 8.23. The van der Waals surface area contributed by atoms with Crippen molar-refractivity contribution in [3.05, 3.63) is 68.8 Å². The van der Waals surface area contributed by atoms with Crippen LogP contribution in [-0.4, -0.2) is 28.5 Å². The standard InChI is InChI=1S/C19H14Cl2N4O3/c20-9-5-12(21)15-13(6-9)24-17(19(27)28)16(15)14(11-7-23-25-18(11)26)8-1-3-10(22)4-2-8/h1-6,23-24H,7,22H2,(H,25,26)(H,27,28). The van der Waals surface area contributed by atoms with Crippen LogP contribution in [0.25, 0.3) is 16.5 Å². The van der Waals surface area contributed by atoms with E-state index in [4.69, 9.17) is 28.9 Å². The number of halogens is 2. The average Bonchev–Trinajstić information content (AvgIpc) is 3.21. The molecule has 1 aromatic heterocycles. The van der Waals surface area contributed by atoms with Gasteiger partial charge >= 0.3 is 5.97 Å². The summed E-state index contributed by atoms with van der Waals surface area (Å²) in [7, 11) is 0. The number of nitrogens with one attached hydrogen (secondary N) is 3. The SMILES string of the molecule is Nc1ccc(C(=C2CNNC2=O)c2c(C(=O)O)[nH]c3cc(Cl)cc(Cl)c23)cc1. The van der Waals surface area contributed by atoms with Gasteiger partial charge in [0.15, 0.2) is 0 Å². The predicted molar refractivity (Wildman–Crippen MR) is 108 cm³/mol. The Bertz CT molecular complexity index is 1170. The van der Waals surface area contributed by atoms with Crippen molar-refractivity contribution in [1.29, 1.82) is 0 Å². The molecule has 1 aliphatic rings. The third-order valence-corrected chi connectivity index (χ3v) is 5.04. The van der Waals surface area contributed by atoms with E-state index >= 15 is 0 Å². The Morgan fingerprint density at radius 1 is 1.14 bits per heavy atom. The number of aromatic carboxylic acids is 1. The number of benzene rings is 2. The number of aromatic nitrogens is 1. The number of carboxylic acids is 1. The molecule has 0 unspecified atom stereocenters. The molecule has 1 aliphatic heterocycles. The number of hydrazine groups is 1. The van der Waals surface area contributed by atoms with Gasteiger partial charge in [-0.15, -0.1) is 0 Å². The highest BCUT2D eigenvalue weighted by Gasteiger charge is 2.29. The zero-order valence-corrected chi connectivity index (χ0v) is 15.8. The molecule has 0 bridgehead atoms. The number of fused-ring (bicyclic) bond motifs is 1. The number of nitrogen functional groups attached to an aromatic ring is 1. The molecule has 2 heterocycles. The Hall–Kier alpha value is -3.00. The van der Waals surface area contributed by atoms with Crippen LogP contribution in [0.15, 0.2) is 42.0 Å². The predicted octanol–water partition coefficient (Wildman–Crippen LogP) is 3.19. The second-order valence-corrected chi connectivity index (χ2v) is 7.12. The van der Waals surface area contributed by atoms with Crippen LogP contribution in [-0.2, 0) is 4.79 Å². The Balaban J connectivity index is 2.14. The fourth-order valence-electron chi connectivity index (χ4n) is 3.35. The van der Waals surface area contributed by atoms with E-state index in [9.17, 15) is 14.7 Å². The van der Waals surface area contributed by atoms with Crippen molar-refractivity contribution in [3.8, 4) is 0 Å². The van der Waals surface area contributed by atoms with E-state index in [1.165, 1.54) is 6.07 Å². The van der Waals surface area contributed by atoms with Crippen molar-refractivity contribution in [2.24, 2.45) is 0 Å². The van der Waals surface area contributed by atoms with E-state index in [0.29, 0.717) is 43.9 Å². The molecule has 1 amide bonds. The number of hydrogen-bond donors (Lipinski definition) is 5. The number of carbonyl (C=O) groups is 2. The highest BCUT2D eigenvalue weighted by molar-refractivity contribution is 6.39. The minimum Gasteiger partial charge on any atom is -0.477 e. The minimum absolute atomic E-state index is 0.0850. The van der Waals surface area contributed by atoms with Crippen LogP contribution in [0.3, 0.4) is 0 Å². The van der Waals surface area contributed by atoms with Crippen LogP contribution in [0.2, 0.25) is 10.0 Å². The van der Waals surface area contributed by atoms with Crippen LogP contribution in [0.5, 0.6) is 0 Å². The molecular formula is C19H14Cl2N4O3. The smallest absolute Gasteiger partial charge is 0.352 e. The molecule has 9 heteroatoms. The maximum atomic E-state index is 12.4. The number of aromatic amines is 1. The van der Waals surface area contributed by atoms with Crippen LogP contribution >= 0.6 is 23.2 Å². The molecule has 142 valence electrons. The van der Waals surface area contributed by atoms with Crippen molar-refractivity contribution < 1.29 is 14.7 Å². The third-order valence-electron chi connectivity index (χ3n) is 4.52. The third kappa shape index (κ3) is 2.99. The first kappa shape index (κ1) is 18.4. The summed E-state index contributed by atoms with van der Waals surface area (Å²) in [6.07, 6.45) is 0. The van der Waals surface area contributed by atoms with Gasteiger partial charge in [0.25, 0.3) is 5.91 Å². The van der Waals surface area contributed by atoms with Gasteiger partial charge in [0.2, 0.25) is 0 Å². The molecule has 3 aromatic rings. The Morgan fingerprint density at radius 3 is 2.46 bits per heavy atom. The molecule has 0 aliphatic carbocycles. The lowest BCUT2D eigenvalue weighted by atomic mass is 9.90. The van der Waals surface area contributed by atoms with E-state index < -0.39 is 5.97 Å². The molecule has 1 fully saturated rings. The first-order valence-corrected chi connectivity index (χ1v) is 8.99. The van der Waals surface area contributed by atoms with Gasteiger partial charge in [-0.1, -0.05) is 35.3 Å². The maximum absolute atomic E-state index is 12.4. The average molecular weight is 417 g/mol. The summed E-state index contributed by atoms with van der Waals surface area (Å²) in [5, 5.41) is 10.9. The van der Waals surface area contributed by atoms with Gasteiger partial charge in [-0.3, -0.25) is 10.2 Å². The van der Waals surface area contributed by atoms with E-state index in [-0.39, 0.29) is 23.2 Å². The zero-order chi connectivity index (χ0) is 20.0. The summed E-state index contributed by atoms with van der Waals surface area (Å²) >= 11 is 12.5. The largest absolute Gasteiger partial charge is 0.477 e. The van der Waals surface area contributed by atoms with Crippen LogP contribution < -0.4 is 16.6 Å². The molecule has 6 N–H and O–H groups in total. The fourth-order valence-corrected chi connectivity index (χ4v) is 3.94. The molecule has 1 saturated heterocycles. The number of carbonyl (C=O) groups excluding carboxylic acids is 1. The molecular weight excluding hydrogens is 403 g/mol. The normalized spacial score (nSPS) is 15.7. The second-order valence-electron chi connectivity index (χ2n) is 6.27. The number of anilines is 1. The molecule has 2 aromatic carbocycles. The quantitative estimate of drug-likeness (QED) is 0.331. The van der Waals surface area contributed by atoms with Crippen molar-refractivity contribution in [1.82, 2.24) is 15.8 Å².